The Balaban J connectivity index is 2.74. The van der Waals surface area contributed by atoms with Crippen LogP contribution >= 0.6 is 0 Å². The van der Waals surface area contributed by atoms with Crippen molar-refractivity contribution in [1.29, 1.82) is 0 Å². The zero-order valence-corrected chi connectivity index (χ0v) is 9.04. The smallest absolute Gasteiger partial charge is 0.326 e. The van der Waals surface area contributed by atoms with Gasteiger partial charge in [-0.25, -0.2) is 4.79 Å². The van der Waals surface area contributed by atoms with E-state index >= 15 is 0 Å². The second-order valence-corrected chi connectivity index (χ2v) is 3.66. The molecule has 0 aliphatic carbocycles. The van der Waals surface area contributed by atoms with E-state index in [0.29, 0.717) is 5.56 Å². The van der Waals surface area contributed by atoms with Crippen molar-refractivity contribution < 1.29 is 14.7 Å². The maximum atomic E-state index is 11.6. The van der Waals surface area contributed by atoms with Crippen LogP contribution in [-0.4, -0.2) is 33.2 Å². The zero-order chi connectivity index (χ0) is 12.1. The second-order valence-electron chi connectivity index (χ2n) is 3.66. The average Bonchev–Trinajstić information content (AvgIpc) is 2.25. The lowest BCUT2D eigenvalue weighted by Crippen LogP contribution is -2.44. The summed E-state index contributed by atoms with van der Waals surface area (Å²) in [5, 5.41) is 18.4. The van der Waals surface area contributed by atoms with Crippen LogP contribution in [0.3, 0.4) is 0 Å². The lowest BCUT2D eigenvalue weighted by atomic mass is 10.0. The molecule has 1 amide bonds. The third kappa shape index (κ3) is 3.01. The number of rotatable bonds is 4. The van der Waals surface area contributed by atoms with Crippen molar-refractivity contribution in [1.82, 2.24) is 15.5 Å². The maximum Gasteiger partial charge on any atom is 0.326 e. The number of hydrogen-bond donors (Lipinski definition) is 2. The van der Waals surface area contributed by atoms with Crippen LogP contribution in [0.4, 0.5) is 0 Å². The van der Waals surface area contributed by atoms with Crippen molar-refractivity contribution in [2.45, 2.75) is 19.9 Å². The van der Waals surface area contributed by atoms with Crippen LogP contribution in [0.1, 0.15) is 24.2 Å². The standard InChI is InChI=1S/C10H13N3O3/c1-6(2)8(10(15)16)13-9(14)7-3-4-11-12-5-7/h3-6,8H,1-2H3,(H,13,14)(H,15,16)/t8-/m1/s1. The van der Waals surface area contributed by atoms with Crippen LogP contribution in [0, 0.1) is 5.92 Å². The predicted octanol–water partition coefficient (Wildman–Crippen LogP) is 0.316. The number of carbonyl (C=O) groups is 2. The molecule has 6 nitrogen and oxygen atoms in total. The Morgan fingerprint density at radius 2 is 2.06 bits per heavy atom. The van der Waals surface area contributed by atoms with Crippen molar-refractivity contribution in [3.63, 3.8) is 0 Å². The van der Waals surface area contributed by atoms with Crippen LogP contribution < -0.4 is 5.32 Å². The van der Waals surface area contributed by atoms with E-state index in [9.17, 15) is 9.59 Å². The van der Waals surface area contributed by atoms with Crippen LogP contribution in [0.2, 0.25) is 0 Å². The second kappa shape index (κ2) is 5.20. The summed E-state index contributed by atoms with van der Waals surface area (Å²) < 4.78 is 0. The molecule has 0 saturated heterocycles. The number of carbonyl (C=O) groups excluding carboxylic acids is 1. The molecule has 1 heterocycles. The van der Waals surface area contributed by atoms with Gasteiger partial charge in [-0.05, 0) is 12.0 Å². The summed E-state index contributed by atoms with van der Waals surface area (Å²) in [4.78, 5) is 22.5. The van der Waals surface area contributed by atoms with Gasteiger partial charge in [0.25, 0.3) is 5.91 Å². The fourth-order valence-electron chi connectivity index (χ4n) is 1.16. The van der Waals surface area contributed by atoms with Crippen LogP contribution in [0.25, 0.3) is 0 Å². The average molecular weight is 223 g/mol. The Labute approximate surface area is 92.7 Å². The number of carboxylic acids is 1. The minimum atomic E-state index is -1.05. The Bertz CT molecular complexity index is 378. The van der Waals surface area contributed by atoms with Gasteiger partial charge in [-0.1, -0.05) is 13.8 Å². The summed E-state index contributed by atoms with van der Waals surface area (Å²) in [5.41, 5.74) is 0.293. The molecule has 16 heavy (non-hydrogen) atoms. The lowest BCUT2D eigenvalue weighted by Gasteiger charge is -2.17. The highest BCUT2D eigenvalue weighted by atomic mass is 16.4. The first kappa shape index (κ1) is 12.1. The first-order valence-electron chi connectivity index (χ1n) is 4.82. The topological polar surface area (TPSA) is 92.2 Å². The number of nitrogens with zero attached hydrogens (tertiary/aromatic N) is 2. The minimum Gasteiger partial charge on any atom is -0.480 e. The molecule has 0 aliphatic rings. The van der Waals surface area contributed by atoms with Crippen molar-refractivity contribution in [3.05, 3.63) is 24.0 Å². The van der Waals surface area contributed by atoms with Gasteiger partial charge in [0.2, 0.25) is 0 Å². The Morgan fingerprint density at radius 1 is 1.38 bits per heavy atom. The van der Waals surface area contributed by atoms with Gasteiger partial charge < -0.3 is 10.4 Å². The monoisotopic (exact) mass is 223 g/mol. The quantitative estimate of drug-likeness (QED) is 0.766. The molecule has 1 rings (SSSR count). The molecule has 6 heteroatoms. The highest BCUT2D eigenvalue weighted by molar-refractivity contribution is 5.96. The summed E-state index contributed by atoms with van der Waals surface area (Å²) in [5.74, 6) is -1.70. The van der Waals surface area contributed by atoms with Crippen molar-refractivity contribution in [2.75, 3.05) is 0 Å². The molecule has 1 aromatic rings. The number of aliphatic carboxylic acids is 1. The largest absolute Gasteiger partial charge is 0.480 e. The highest BCUT2D eigenvalue weighted by Crippen LogP contribution is 2.03. The van der Waals surface area contributed by atoms with E-state index in [0.717, 1.165) is 0 Å². The van der Waals surface area contributed by atoms with E-state index in [4.69, 9.17) is 5.11 Å². The minimum absolute atomic E-state index is 0.184. The van der Waals surface area contributed by atoms with E-state index in [2.05, 4.69) is 15.5 Å². The first-order valence-corrected chi connectivity index (χ1v) is 4.82. The number of hydrogen-bond acceptors (Lipinski definition) is 4. The van der Waals surface area contributed by atoms with Crippen molar-refractivity contribution in [3.8, 4) is 0 Å². The Hall–Kier alpha value is -1.98. The van der Waals surface area contributed by atoms with E-state index < -0.39 is 17.9 Å². The molecule has 0 fully saturated rings. The number of carboxylic acid groups (broad SMARTS) is 1. The van der Waals surface area contributed by atoms with E-state index in [1.807, 2.05) is 0 Å². The van der Waals surface area contributed by atoms with Gasteiger partial charge in [0, 0.05) is 0 Å². The Kier molecular flexibility index (Phi) is 3.93. The van der Waals surface area contributed by atoms with Crippen LogP contribution in [0.5, 0.6) is 0 Å². The summed E-state index contributed by atoms with van der Waals surface area (Å²) >= 11 is 0. The molecule has 2 N–H and O–H groups in total. The molecule has 1 atom stereocenters. The highest BCUT2D eigenvalue weighted by Gasteiger charge is 2.23. The number of aromatic nitrogens is 2. The first-order chi connectivity index (χ1) is 7.52. The molecule has 0 unspecified atom stereocenters. The van der Waals surface area contributed by atoms with Gasteiger partial charge in [-0.2, -0.15) is 10.2 Å². The lowest BCUT2D eigenvalue weighted by molar-refractivity contribution is -0.140. The fraction of sp³-hybridized carbons (Fsp3) is 0.400. The summed E-state index contributed by atoms with van der Waals surface area (Å²) in [6.07, 6.45) is 2.66. The molecule has 0 saturated carbocycles. The van der Waals surface area contributed by atoms with Crippen molar-refractivity contribution in [2.24, 2.45) is 5.92 Å². The molecule has 0 aromatic carbocycles. The SMILES string of the molecule is CC(C)[C@@H](NC(=O)c1ccnnc1)C(=O)O. The number of amides is 1. The van der Waals surface area contributed by atoms with Gasteiger partial charge in [-0.15, -0.1) is 0 Å². The molecule has 0 radical (unpaired) electrons. The fourth-order valence-corrected chi connectivity index (χ4v) is 1.16. The van der Waals surface area contributed by atoms with Gasteiger partial charge in [0.1, 0.15) is 6.04 Å². The third-order valence-corrected chi connectivity index (χ3v) is 2.07. The van der Waals surface area contributed by atoms with E-state index in [1.54, 1.807) is 13.8 Å². The summed E-state index contributed by atoms with van der Waals surface area (Å²) in [7, 11) is 0. The molecule has 0 spiro atoms. The zero-order valence-electron chi connectivity index (χ0n) is 9.04. The molecule has 1 aromatic heterocycles. The maximum absolute atomic E-state index is 11.6. The molecular weight excluding hydrogens is 210 g/mol. The normalized spacial score (nSPS) is 12.2. The summed E-state index contributed by atoms with van der Waals surface area (Å²) in [6, 6.07) is 0.572. The molecular formula is C10H13N3O3. The molecule has 0 bridgehead atoms. The van der Waals surface area contributed by atoms with E-state index in [1.165, 1.54) is 18.5 Å². The van der Waals surface area contributed by atoms with E-state index in [-0.39, 0.29) is 5.92 Å². The van der Waals surface area contributed by atoms with Gasteiger partial charge >= 0.3 is 5.97 Å². The van der Waals surface area contributed by atoms with Gasteiger partial charge in [0.15, 0.2) is 0 Å². The van der Waals surface area contributed by atoms with Gasteiger partial charge in [-0.3, -0.25) is 4.79 Å². The van der Waals surface area contributed by atoms with Gasteiger partial charge in [0.05, 0.1) is 18.0 Å². The van der Waals surface area contributed by atoms with Crippen molar-refractivity contribution >= 4 is 11.9 Å². The predicted molar refractivity (Wildman–Crippen MR) is 55.8 cm³/mol. The third-order valence-electron chi connectivity index (χ3n) is 2.07. The van der Waals surface area contributed by atoms with Crippen LogP contribution in [0.15, 0.2) is 18.5 Å². The Morgan fingerprint density at radius 3 is 2.50 bits per heavy atom. The van der Waals surface area contributed by atoms with Crippen LogP contribution in [-0.2, 0) is 4.79 Å². The molecule has 0 aliphatic heterocycles. The molecule has 86 valence electrons. The summed E-state index contributed by atoms with van der Waals surface area (Å²) in [6.45, 7) is 3.45. The number of nitrogens with one attached hydrogen (secondary N) is 1.